The van der Waals surface area contributed by atoms with Crippen LogP contribution >= 0.6 is 0 Å². The molecule has 4 N–H and O–H groups in total. The summed E-state index contributed by atoms with van der Waals surface area (Å²) in [7, 11) is 0. The van der Waals surface area contributed by atoms with Crippen LogP contribution in [-0.2, 0) is 11.2 Å². The summed E-state index contributed by atoms with van der Waals surface area (Å²) in [6.07, 6.45) is -3.56. The van der Waals surface area contributed by atoms with E-state index in [-0.39, 0.29) is 52.6 Å². The van der Waals surface area contributed by atoms with E-state index >= 15 is 0 Å². The molecule has 33 heavy (non-hydrogen) atoms. The van der Waals surface area contributed by atoms with E-state index in [1.165, 1.54) is 18.2 Å². The highest BCUT2D eigenvalue weighted by Gasteiger charge is 2.42. The van der Waals surface area contributed by atoms with E-state index in [4.69, 9.17) is 4.74 Å². The number of benzene rings is 2. The number of ketones is 3. The molecule has 0 saturated carbocycles. The Morgan fingerprint density at radius 2 is 1.58 bits per heavy atom. The quantitative estimate of drug-likeness (QED) is 0.436. The van der Waals surface area contributed by atoms with Gasteiger partial charge in [-0.25, -0.2) is 0 Å². The average Bonchev–Trinajstić information content (AvgIpc) is 2.73. The van der Waals surface area contributed by atoms with E-state index in [0.29, 0.717) is 5.56 Å². The molecule has 3 aliphatic rings. The van der Waals surface area contributed by atoms with E-state index in [2.05, 4.69) is 0 Å². The van der Waals surface area contributed by atoms with Crippen molar-refractivity contribution in [2.45, 2.75) is 63.1 Å². The fraction of sp³-hybridized carbons (Fsp3) is 0.400. The van der Waals surface area contributed by atoms with Crippen LogP contribution in [0, 0.1) is 0 Å². The Labute approximate surface area is 189 Å². The number of aliphatic hydroxyl groups excluding tert-OH is 2. The van der Waals surface area contributed by atoms with Gasteiger partial charge >= 0.3 is 0 Å². The summed E-state index contributed by atoms with van der Waals surface area (Å²) in [6, 6.07) is 5.91. The Hall–Kier alpha value is -2.91. The molecule has 0 radical (unpaired) electrons. The van der Waals surface area contributed by atoms with Crippen LogP contribution in [-0.4, -0.2) is 61.7 Å². The summed E-state index contributed by atoms with van der Waals surface area (Å²) in [5.74, 6) is -1.94. The first kappa shape index (κ1) is 21.9. The van der Waals surface area contributed by atoms with E-state index in [0.717, 1.165) is 0 Å². The van der Waals surface area contributed by atoms with Crippen molar-refractivity contribution in [2.24, 2.45) is 0 Å². The topological polar surface area (TPSA) is 141 Å². The minimum atomic E-state index is -1.22. The SMILES string of the molecule is C[C@@H]1O[C@H](c2ccc3c(c2O)C(=O)c2ccc4c(c2C3=O)C(=O)C[C@@](C)(O)C4)C[C@H](O)[C@H]1O. The van der Waals surface area contributed by atoms with Crippen molar-refractivity contribution < 1.29 is 39.5 Å². The second-order valence-corrected chi connectivity index (χ2v) is 9.50. The minimum Gasteiger partial charge on any atom is -0.507 e. The number of phenols is 1. The molecule has 0 bridgehead atoms. The van der Waals surface area contributed by atoms with E-state index in [9.17, 15) is 34.8 Å². The lowest BCUT2D eigenvalue weighted by Crippen LogP contribution is -2.44. The lowest BCUT2D eigenvalue weighted by molar-refractivity contribution is -0.163. The molecule has 8 heteroatoms. The number of fused-ring (bicyclic) bond motifs is 4. The van der Waals surface area contributed by atoms with Gasteiger partial charge in [0, 0.05) is 47.1 Å². The Morgan fingerprint density at radius 3 is 2.27 bits per heavy atom. The van der Waals surface area contributed by atoms with Gasteiger partial charge in [-0.15, -0.1) is 0 Å². The number of hydrogen-bond donors (Lipinski definition) is 4. The molecule has 1 aliphatic heterocycles. The van der Waals surface area contributed by atoms with Crippen molar-refractivity contribution >= 4 is 17.3 Å². The van der Waals surface area contributed by atoms with Gasteiger partial charge < -0.3 is 25.2 Å². The standard InChI is InChI=1S/C25H24O8/c1-10-21(28)15(26)7-17(33-10)12-5-6-14-20(22(12)29)24(31)13-4-3-11-8-25(2,32)9-16(27)18(11)19(13)23(14)30/h3-6,10,15,17,21,26,28-29,32H,7-9H2,1-2H3/t10-,15-,17-,21-,25-/m0/s1. The second kappa shape index (κ2) is 7.30. The van der Waals surface area contributed by atoms with E-state index in [1.807, 2.05) is 0 Å². The van der Waals surface area contributed by atoms with Gasteiger partial charge in [-0.3, -0.25) is 14.4 Å². The number of phenolic OH excluding ortho intramolecular Hbond substituents is 1. The summed E-state index contributed by atoms with van der Waals surface area (Å²) in [5.41, 5.74) is -0.457. The van der Waals surface area contributed by atoms with Crippen molar-refractivity contribution in [2.75, 3.05) is 0 Å². The van der Waals surface area contributed by atoms with Gasteiger partial charge in [-0.05, 0) is 31.5 Å². The lowest BCUT2D eigenvalue weighted by Gasteiger charge is -2.36. The minimum absolute atomic E-state index is 0.0124. The van der Waals surface area contributed by atoms with E-state index < -0.39 is 53.1 Å². The fourth-order valence-corrected chi connectivity index (χ4v) is 5.27. The van der Waals surface area contributed by atoms with Crippen LogP contribution in [0.1, 0.15) is 86.1 Å². The maximum absolute atomic E-state index is 13.4. The molecule has 2 aliphatic carbocycles. The second-order valence-electron chi connectivity index (χ2n) is 9.50. The molecule has 1 saturated heterocycles. The lowest BCUT2D eigenvalue weighted by atomic mass is 9.73. The number of carbonyl (C=O) groups is 3. The first-order valence-electron chi connectivity index (χ1n) is 10.9. The number of aromatic hydroxyl groups is 1. The van der Waals surface area contributed by atoms with Crippen LogP contribution in [0.5, 0.6) is 5.75 Å². The van der Waals surface area contributed by atoms with Gasteiger partial charge in [0.2, 0.25) is 0 Å². The fourth-order valence-electron chi connectivity index (χ4n) is 5.27. The average molecular weight is 452 g/mol. The predicted octanol–water partition coefficient (Wildman–Crippen LogP) is 1.62. The molecular formula is C25H24O8. The number of ether oxygens (including phenoxy) is 1. The van der Waals surface area contributed by atoms with Crippen LogP contribution < -0.4 is 0 Å². The number of Topliss-reactive ketones (excluding diaryl/α,β-unsaturated/α-hetero) is 1. The Morgan fingerprint density at radius 1 is 0.939 bits per heavy atom. The molecule has 5 atom stereocenters. The summed E-state index contributed by atoms with van der Waals surface area (Å²) >= 11 is 0. The molecule has 0 spiro atoms. The largest absolute Gasteiger partial charge is 0.507 e. The van der Waals surface area contributed by atoms with Gasteiger partial charge in [-0.1, -0.05) is 12.1 Å². The zero-order chi connectivity index (χ0) is 23.8. The molecule has 0 amide bonds. The maximum atomic E-state index is 13.4. The molecule has 1 heterocycles. The van der Waals surface area contributed by atoms with Crippen molar-refractivity contribution in [1.29, 1.82) is 0 Å². The summed E-state index contributed by atoms with van der Waals surface area (Å²) < 4.78 is 5.73. The highest BCUT2D eigenvalue weighted by Crippen LogP contribution is 2.43. The van der Waals surface area contributed by atoms with E-state index in [1.54, 1.807) is 19.9 Å². The van der Waals surface area contributed by atoms with Gasteiger partial charge in [0.15, 0.2) is 17.3 Å². The first-order valence-corrected chi connectivity index (χ1v) is 10.9. The number of hydrogen-bond acceptors (Lipinski definition) is 8. The highest BCUT2D eigenvalue weighted by molar-refractivity contribution is 6.32. The smallest absolute Gasteiger partial charge is 0.198 e. The van der Waals surface area contributed by atoms with Crippen LogP contribution in [0.3, 0.4) is 0 Å². The first-order chi connectivity index (χ1) is 15.5. The Balaban J connectivity index is 1.61. The molecule has 8 nitrogen and oxygen atoms in total. The molecule has 5 rings (SSSR count). The zero-order valence-electron chi connectivity index (χ0n) is 18.2. The van der Waals surface area contributed by atoms with Crippen molar-refractivity contribution in [1.82, 2.24) is 0 Å². The predicted molar refractivity (Wildman–Crippen MR) is 115 cm³/mol. The molecule has 0 unspecified atom stereocenters. The van der Waals surface area contributed by atoms with Gasteiger partial charge in [0.25, 0.3) is 0 Å². The van der Waals surface area contributed by atoms with Gasteiger partial charge in [0.05, 0.1) is 29.5 Å². The van der Waals surface area contributed by atoms with Crippen LogP contribution in [0.15, 0.2) is 24.3 Å². The summed E-state index contributed by atoms with van der Waals surface area (Å²) in [5, 5.41) is 41.4. The van der Waals surface area contributed by atoms with Crippen molar-refractivity contribution in [3.8, 4) is 5.75 Å². The molecule has 0 aromatic heterocycles. The molecule has 2 aromatic carbocycles. The summed E-state index contributed by atoms with van der Waals surface area (Å²) in [6.45, 7) is 3.15. The zero-order valence-corrected chi connectivity index (χ0v) is 18.2. The number of carbonyl (C=O) groups excluding carboxylic acids is 3. The van der Waals surface area contributed by atoms with Crippen LogP contribution in [0.4, 0.5) is 0 Å². The molecule has 1 fully saturated rings. The summed E-state index contributed by atoms with van der Waals surface area (Å²) in [4.78, 5) is 39.7. The third-order valence-electron chi connectivity index (χ3n) is 6.89. The van der Waals surface area contributed by atoms with Crippen LogP contribution in [0.25, 0.3) is 0 Å². The maximum Gasteiger partial charge on any atom is 0.198 e. The van der Waals surface area contributed by atoms with Gasteiger partial charge in [0.1, 0.15) is 11.9 Å². The highest BCUT2D eigenvalue weighted by atomic mass is 16.5. The van der Waals surface area contributed by atoms with Crippen molar-refractivity contribution in [3.05, 3.63) is 63.2 Å². The van der Waals surface area contributed by atoms with Gasteiger partial charge in [-0.2, -0.15) is 0 Å². The normalized spacial score (nSPS) is 31.1. The Bertz CT molecular complexity index is 1220. The number of aliphatic hydroxyl groups is 3. The number of rotatable bonds is 1. The Kier molecular flexibility index (Phi) is 4.84. The monoisotopic (exact) mass is 452 g/mol. The molecule has 172 valence electrons. The third kappa shape index (κ3) is 3.25. The molecular weight excluding hydrogens is 428 g/mol. The van der Waals surface area contributed by atoms with Crippen molar-refractivity contribution in [3.63, 3.8) is 0 Å². The van der Waals surface area contributed by atoms with Crippen LogP contribution in [0.2, 0.25) is 0 Å². The molecule has 2 aromatic rings. The third-order valence-corrected chi connectivity index (χ3v) is 6.89.